The molecule has 0 aliphatic carbocycles. The molecule has 26 heavy (non-hydrogen) atoms. The summed E-state index contributed by atoms with van der Waals surface area (Å²) >= 11 is 0. The van der Waals surface area contributed by atoms with Crippen molar-refractivity contribution in [2.75, 3.05) is 0 Å². The molecule has 0 radical (unpaired) electrons. The minimum absolute atomic E-state index is 0.198. The number of hydrogen-bond acceptors (Lipinski definition) is 1. The molecule has 0 fully saturated rings. The molecule has 2 unspecified atom stereocenters. The van der Waals surface area contributed by atoms with Gasteiger partial charge >= 0.3 is 5.97 Å². The number of unbranched alkanes of at least 4 members (excludes halogenated alkanes) is 16. The Balaban J connectivity index is 3.15. The van der Waals surface area contributed by atoms with Gasteiger partial charge in [-0.3, -0.25) is 4.79 Å². The van der Waals surface area contributed by atoms with E-state index in [1.165, 1.54) is 109 Å². The van der Waals surface area contributed by atoms with Crippen molar-refractivity contribution in [1.29, 1.82) is 0 Å². The van der Waals surface area contributed by atoms with Gasteiger partial charge in [0, 0.05) is 0 Å². The Labute approximate surface area is 164 Å². The molecule has 0 aromatic rings. The van der Waals surface area contributed by atoms with Crippen LogP contribution in [0.25, 0.3) is 0 Å². The summed E-state index contributed by atoms with van der Waals surface area (Å²) in [6, 6.07) is 0. The smallest absolute Gasteiger partial charge is 0.306 e. The molecule has 0 aliphatic rings. The van der Waals surface area contributed by atoms with Gasteiger partial charge in [0.1, 0.15) is 0 Å². The molecule has 0 saturated heterocycles. The van der Waals surface area contributed by atoms with Crippen molar-refractivity contribution in [3.05, 3.63) is 0 Å². The molecule has 1 N–H and O–H groups in total. The molecule has 0 bridgehead atoms. The molecule has 0 rings (SSSR count). The van der Waals surface area contributed by atoms with Gasteiger partial charge in [-0.2, -0.15) is 0 Å². The minimum atomic E-state index is -0.649. The SMILES string of the molecule is CCCCCCCCCCCCCCCCCCCC(C)C(C)C(=O)O. The zero-order valence-electron chi connectivity index (χ0n) is 18.2. The third-order valence-corrected chi connectivity index (χ3v) is 6.01. The fraction of sp³-hybridized carbons (Fsp3) is 0.958. The lowest BCUT2D eigenvalue weighted by Gasteiger charge is -2.15. The summed E-state index contributed by atoms with van der Waals surface area (Å²) < 4.78 is 0. The van der Waals surface area contributed by atoms with Crippen LogP contribution in [-0.4, -0.2) is 11.1 Å². The van der Waals surface area contributed by atoms with Crippen LogP contribution in [-0.2, 0) is 4.79 Å². The van der Waals surface area contributed by atoms with Crippen LogP contribution in [0, 0.1) is 11.8 Å². The van der Waals surface area contributed by atoms with Crippen LogP contribution in [0.15, 0.2) is 0 Å². The van der Waals surface area contributed by atoms with Crippen LogP contribution in [0.2, 0.25) is 0 Å². The van der Waals surface area contributed by atoms with Crippen molar-refractivity contribution < 1.29 is 9.90 Å². The first-order valence-corrected chi connectivity index (χ1v) is 11.8. The van der Waals surface area contributed by atoms with Crippen molar-refractivity contribution in [3.63, 3.8) is 0 Å². The lowest BCUT2D eigenvalue weighted by molar-refractivity contribution is -0.142. The van der Waals surface area contributed by atoms with Gasteiger partial charge in [0.15, 0.2) is 0 Å². The first kappa shape index (κ1) is 25.5. The normalized spacial score (nSPS) is 13.7. The lowest BCUT2D eigenvalue weighted by Crippen LogP contribution is -2.17. The molecule has 0 aliphatic heterocycles. The molecule has 2 atom stereocenters. The van der Waals surface area contributed by atoms with E-state index < -0.39 is 5.97 Å². The Morgan fingerprint density at radius 3 is 1.23 bits per heavy atom. The summed E-state index contributed by atoms with van der Waals surface area (Å²) in [6.07, 6.45) is 24.8. The number of carboxylic acid groups (broad SMARTS) is 1. The maximum Gasteiger partial charge on any atom is 0.306 e. The summed E-state index contributed by atoms with van der Waals surface area (Å²) in [5, 5.41) is 9.00. The number of hydrogen-bond donors (Lipinski definition) is 1. The summed E-state index contributed by atoms with van der Waals surface area (Å²) in [7, 11) is 0. The van der Waals surface area contributed by atoms with Gasteiger partial charge in [0.2, 0.25) is 0 Å². The molecule has 2 nitrogen and oxygen atoms in total. The second-order valence-corrected chi connectivity index (χ2v) is 8.55. The van der Waals surface area contributed by atoms with E-state index in [1.807, 2.05) is 6.92 Å². The molecular weight excluding hydrogens is 320 g/mol. The van der Waals surface area contributed by atoms with E-state index in [2.05, 4.69) is 13.8 Å². The predicted octanol–water partition coefficient (Wildman–Crippen LogP) is 8.38. The van der Waals surface area contributed by atoms with E-state index in [-0.39, 0.29) is 5.92 Å². The largest absolute Gasteiger partial charge is 0.481 e. The Kier molecular flexibility index (Phi) is 18.8. The predicted molar refractivity (Wildman–Crippen MR) is 115 cm³/mol. The Bertz CT molecular complexity index is 301. The number of aliphatic carboxylic acids is 1. The van der Waals surface area contributed by atoms with Crippen LogP contribution >= 0.6 is 0 Å². The average molecular weight is 369 g/mol. The first-order chi connectivity index (χ1) is 12.6. The van der Waals surface area contributed by atoms with Crippen LogP contribution in [0.4, 0.5) is 0 Å². The quantitative estimate of drug-likeness (QED) is 0.219. The van der Waals surface area contributed by atoms with E-state index in [1.54, 1.807) is 0 Å². The van der Waals surface area contributed by atoms with Crippen molar-refractivity contribution in [3.8, 4) is 0 Å². The molecule has 156 valence electrons. The van der Waals surface area contributed by atoms with Gasteiger partial charge in [-0.1, -0.05) is 130 Å². The Morgan fingerprint density at radius 1 is 0.615 bits per heavy atom. The van der Waals surface area contributed by atoms with Crippen molar-refractivity contribution in [2.24, 2.45) is 11.8 Å². The lowest BCUT2D eigenvalue weighted by atomic mass is 9.90. The fourth-order valence-corrected chi connectivity index (χ4v) is 3.68. The highest BCUT2D eigenvalue weighted by molar-refractivity contribution is 5.69. The molecule has 0 aromatic carbocycles. The van der Waals surface area contributed by atoms with Gasteiger partial charge in [-0.05, 0) is 12.3 Å². The van der Waals surface area contributed by atoms with E-state index in [0.29, 0.717) is 5.92 Å². The Morgan fingerprint density at radius 2 is 0.923 bits per heavy atom. The second-order valence-electron chi connectivity index (χ2n) is 8.55. The van der Waals surface area contributed by atoms with Gasteiger partial charge in [-0.25, -0.2) is 0 Å². The van der Waals surface area contributed by atoms with Crippen molar-refractivity contribution >= 4 is 5.97 Å². The summed E-state index contributed by atoms with van der Waals surface area (Å²) in [5.41, 5.74) is 0. The zero-order valence-corrected chi connectivity index (χ0v) is 18.2. The highest BCUT2D eigenvalue weighted by Crippen LogP contribution is 2.20. The molecule has 2 heteroatoms. The summed E-state index contributed by atoms with van der Waals surface area (Å²) in [4.78, 5) is 10.9. The van der Waals surface area contributed by atoms with Crippen molar-refractivity contribution in [1.82, 2.24) is 0 Å². The minimum Gasteiger partial charge on any atom is -0.481 e. The third-order valence-electron chi connectivity index (χ3n) is 6.01. The maximum absolute atomic E-state index is 10.9. The molecule has 0 spiro atoms. The third kappa shape index (κ3) is 16.9. The highest BCUT2D eigenvalue weighted by atomic mass is 16.4. The Hall–Kier alpha value is -0.530. The first-order valence-electron chi connectivity index (χ1n) is 11.8. The molecule has 0 amide bonds. The molecule has 0 saturated carbocycles. The maximum atomic E-state index is 10.9. The summed E-state index contributed by atoms with van der Waals surface area (Å²) in [5.74, 6) is -0.538. The van der Waals surface area contributed by atoms with Crippen LogP contribution in [0.1, 0.15) is 136 Å². The van der Waals surface area contributed by atoms with Crippen LogP contribution in [0.3, 0.4) is 0 Å². The topological polar surface area (TPSA) is 37.3 Å². The number of rotatable bonds is 20. The molecule has 0 heterocycles. The van der Waals surface area contributed by atoms with Gasteiger partial charge in [-0.15, -0.1) is 0 Å². The number of carbonyl (C=O) groups is 1. The van der Waals surface area contributed by atoms with Crippen molar-refractivity contribution in [2.45, 2.75) is 136 Å². The van der Waals surface area contributed by atoms with Gasteiger partial charge in [0.25, 0.3) is 0 Å². The molecular formula is C24H48O2. The van der Waals surface area contributed by atoms with Gasteiger partial charge in [0.05, 0.1) is 5.92 Å². The highest BCUT2D eigenvalue weighted by Gasteiger charge is 2.18. The van der Waals surface area contributed by atoms with E-state index in [0.717, 1.165) is 6.42 Å². The van der Waals surface area contributed by atoms with Crippen LogP contribution in [0.5, 0.6) is 0 Å². The van der Waals surface area contributed by atoms with Crippen LogP contribution < -0.4 is 0 Å². The number of carboxylic acids is 1. The van der Waals surface area contributed by atoms with E-state index in [4.69, 9.17) is 5.11 Å². The zero-order chi connectivity index (χ0) is 19.5. The monoisotopic (exact) mass is 368 g/mol. The molecule has 0 aromatic heterocycles. The second kappa shape index (κ2) is 19.2. The average Bonchev–Trinajstić information content (AvgIpc) is 2.63. The summed E-state index contributed by atoms with van der Waals surface area (Å²) in [6.45, 7) is 6.19. The standard InChI is InChI=1S/C24H48O2/c1-4-5-6-7-8-9-10-11-12-13-14-15-16-17-18-19-20-21-22(2)23(3)24(25)26/h22-23H,4-21H2,1-3H3,(H,25,26). The van der Waals surface area contributed by atoms with E-state index >= 15 is 0 Å². The fourth-order valence-electron chi connectivity index (χ4n) is 3.68. The van der Waals surface area contributed by atoms with Gasteiger partial charge < -0.3 is 5.11 Å². The van der Waals surface area contributed by atoms with E-state index in [9.17, 15) is 4.79 Å².